The van der Waals surface area contributed by atoms with E-state index in [0.717, 1.165) is 18.9 Å². The van der Waals surface area contributed by atoms with E-state index >= 15 is 0 Å². The Morgan fingerprint density at radius 3 is 2.43 bits per heavy atom. The highest BCUT2D eigenvalue weighted by Crippen LogP contribution is 2.29. The number of amides is 2. The topological polar surface area (TPSA) is 84.4 Å². The summed E-state index contributed by atoms with van der Waals surface area (Å²) in [6, 6.07) is 3.29. The Bertz CT molecular complexity index is 910. The van der Waals surface area contributed by atoms with Crippen LogP contribution in [0.1, 0.15) is 25.7 Å². The van der Waals surface area contributed by atoms with E-state index in [-0.39, 0.29) is 41.8 Å². The lowest BCUT2D eigenvalue weighted by Crippen LogP contribution is -2.49. The Morgan fingerprint density at radius 2 is 1.80 bits per heavy atom. The van der Waals surface area contributed by atoms with Gasteiger partial charge in [-0.15, -0.1) is 0 Å². The van der Waals surface area contributed by atoms with Gasteiger partial charge >= 0.3 is 0 Å². The summed E-state index contributed by atoms with van der Waals surface area (Å²) in [7, 11) is 0. The molecule has 9 heteroatoms. The van der Waals surface area contributed by atoms with Crippen molar-refractivity contribution < 1.29 is 23.1 Å². The standard InChI is InChI=1S/C21H22F2N4O3/c22-15-7-14(8-16(23)9-15)18-10-25-19(11-24-18)26-21(29)13-1-3-17(4-2-13)27-5-6-30-12-20(27)28/h7-11,13,17H,1-6,12H2,(H,25,26,29). The highest BCUT2D eigenvalue weighted by atomic mass is 19.1. The number of hydrogen-bond acceptors (Lipinski definition) is 5. The molecule has 0 atom stereocenters. The normalized spacial score (nSPS) is 22.1. The monoisotopic (exact) mass is 416 g/mol. The summed E-state index contributed by atoms with van der Waals surface area (Å²) in [5.41, 5.74) is 0.580. The average molecular weight is 416 g/mol. The van der Waals surface area contributed by atoms with Gasteiger partial charge in [-0.25, -0.2) is 13.8 Å². The van der Waals surface area contributed by atoms with Gasteiger partial charge in [0.2, 0.25) is 11.8 Å². The van der Waals surface area contributed by atoms with Gasteiger partial charge in [0.15, 0.2) is 5.82 Å². The number of nitrogens with zero attached hydrogens (tertiary/aromatic N) is 3. The molecule has 4 rings (SSSR count). The van der Waals surface area contributed by atoms with Gasteiger partial charge in [-0.1, -0.05) is 0 Å². The van der Waals surface area contributed by atoms with Crippen LogP contribution < -0.4 is 5.32 Å². The Balaban J connectivity index is 1.32. The zero-order valence-corrected chi connectivity index (χ0v) is 16.3. The molecular weight excluding hydrogens is 394 g/mol. The van der Waals surface area contributed by atoms with Crippen LogP contribution in [0.3, 0.4) is 0 Å². The van der Waals surface area contributed by atoms with Gasteiger partial charge in [-0.2, -0.15) is 0 Å². The van der Waals surface area contributed by atoms with Crippen LogP contribution in [-0.2, 0) is 14.3 Å². The zero-order chi connectivity index (χ0) is 21.1. The Labute approximate surface area is 172 Å². The summed E-state index contributed by atoms with van der Waals surface area (Å²) in [5, 5.41) is 2.75. The molecule has 0 bridgehead atoms. The van der Waals surface area contributed by atoms with E-state index in [9.17, 15) is 18.4 Å². The van der Waals surface area contributed by atoms with Crippen molar-refractivity contribution in [2.45, 2.75) is 31.7 Å². The molecule has 0 spiro atoms. The first kappa shape index (κ1) is 20.3. The minimum atomic E-state index is -0.696. The molecule has 2 heterocycles. The molecule has 1 aliphatic carbocycles. The van der Waals surface area contributed by atoms with E-state index in [4.69, 9.17) is 4.74 Å². The van der Waals surface area contributed by atoms with E-state index in [1.807, 2.05) is 4.90 Å². The smallest absolute Gasteiger partial charge is 0.248 e. The van der Waals surface area contributed by atoms with Gasteiger partial charge < -0.3 is 15.0 Å². The van der Waals surface area contributed by atoms with Crippen LogP contribution in [0, 0.1) is 17.6 Å². The molecule has 1 aromatic heterocycles. The summed E-state index contributed by atoms with van der Waals surface area (Å²) in [6.07, 6.45) is 5.67. The molecule has 2 aliphatic rings. The molecule has 1 aliphatic heterocycles. The maximum Gasteiger partial charge on any atom is 0.248 e. The third-order valence-electron chi connectivity index (χ3n) is 5.59. The molecule has 1 saturated heterocycles. The number of ether oxygens (including phenoxy) is 1. The fourth-order valence-corrected chi connectivity index (χ4v) is 4.04. The lowest BCUT2D eigenvalue weighted by Gasteiger charge is -2.38. The van der Waals surface area contributed by atoms with Crippen molar-refractivity contribution in [2.75, 3.05) is 25.1 Å². The first-order valence-electron chi connectivity index (χ1n) is 9.96. The fraction of sp³-hybridized carbons (Fsp3) is 0.429. The van der Waals surface area contributed by atoms with E-state index in [2.05, 4.69) is 15.3 Å². The maximum absolute atomic E-state index is 13.4. The van der Waals surface area contributed by atoms with Crippen LogP contribution in [-0.4, -0.2) is 52.5 Å². The molecular formula is C21H22F2N4O3. The lowest BCUT2D eigenvalue weighted by atomic mass is 9.84. The van der Waals surface area contributed by atoms with Gasteiger partial charge in [0.1, 0.15) is 18.2 Å². The van der Waals surface area contributed by atoms with Crippen LogP contribution >= 0.6 is 0 Å². The number of aromatic nitrogens is 2. The zero-order valence-electron chi connectivity index (χ0n) is 16.3. The minimum absolute atomic E-state index is 0.0164. The van der Waals surface area contributed by atoms with Crippen LogP contribution in [0.2, 0.25) is 0 Å². The van der Waals surface area contributed by atoms with Crippen molar-refractivity contribution >= 4 is 17.6 Å². The summed E-state index contributed by atoms with van der Waals surface area (Å²) in [6.45, 7) is 1.30. The van der Waals surface area contributed by atoms with Crippen LogP contribution in [0.15, 0.2) is 30.6 Å². The van der Waals surface area contributed by atoms with Crippen molar-refractivity contribution in [2.24, 2.45) is 5.92 Å². The first-order chi connectivity index (χ1) is 14.5. The van der Waals surface area contributed by atoms with E-state index in [1.54, 1.807) is 0 Å². The molecule has 7 nitrogen and oxygen atoms in total. The van der Waals surface area contributed by atoms with Crippen molar-refractivity contribution in [3.8, 4) is 11.3 Å². The second-order valence-electron chi connectivity index (χ2n) is 7.58. The number of halogens is 2. The number of nitrogens with one attached hydrogen (secondary N) is 1. The van der Waals surface area contributed by atoms with Crippen LogP contribution in [0.5, 0.6) is 0 Å². The Kier molecular flexibility index (Phi) is 5.98. The number of anilines is 1. The number of hydrogen-bond donors (Lipinski definition) is 1. The molecule has 1 N–H and O–H groups in total. The van der Waals surface area contributed by atoms with E-state index < -0.39 is 11.6 Å². The summed E-state index contributed by atoms with van der Waals surface area (Å²) in [4.78, 5) is 34.7. The van der Waals surface area contributed by atoms with Crippen molar-refractivity contribution in [1.82, 2.24) is 14.9 Å². The second-order valence-corrected chi connectivity index (χ2v) is 7.58. The highest BCUT2D eigenvalue weighted by Gasteiger charge is 2.32. The van der Waals surface area contributed by atoms with Crippen molar-refractivity contribution in [3.05, 3.63) is 42.2 Å². The number of morpholine rings is 1. The van der Waals surface area contributed by atoms with E-state index in [0.29, 0.717) is 31.7 Å². The van der Waals surface area contributed by atoms with Crippen molar-refractivity contribution in [3.63, 3.8) is 0 Å². The maximum atomic E-state index is 13.4. The summed E-state index contributed by atoms with van der Waals surface area (Å²) in [5.74, 6) is -1.39. The quantitative estimate of drug-likeness (QED) is 0.829. The van der Waals surface area contributed by atoms with Gasteiger partial charge in [0.25, 0.3) is 0 Å². The predicted molar refractivity (Wildman–Crippen MR) is 104 cm³/mol. The first-order valence-corrected chi connectivity index (χ1v) is 9.96. The molecule has 1 aromatic carbocycles. The highest BCUT2D eigenvalue weighted by molar-refractivity contribution is 5.91. The third kappa shape index (κ3) is 4.62. The Morgan fingerprint density at radius 1 is 1.07 bits per heavy atom. The summed E-state index contributed by atoms with van der Waals surface area (Å²) >= 11 is 0. The lowest BCUT2D eigenvalue weighted by molar-refractivity contribution is -0.146. The SMILES string of the molecule is O=C(Nc1cnc(-c2cc(F)cc(F)c2)cn1)C1CCC(N2CCOCC2=O)CC1. The number of carbonyl (C=O) groups is 2. The average Bonchev–Trinajstić information content (AvgIpc) is 2.74. The molecule has 30 heavy (non-hydrogen) atoms. The largest absolute Gasteiger partial charge is 0.370 e. The van der Waals surface area contributed by atoms with Crippen molar-refractivity contribution in [1.29, 1.82) is 0 Å². The second kappa shape index (κ2) is 8.83. The minimum Gasteiger partial charge on any atom is -0.370 e. The molecule has 2 fully saturated rings. The third-order valence-corrected chi connectivity index (χ3v) is 5.59. The van der Waals surface area contributed by atoms with Gasteiger partial charge in [-0.3, -0.25) is 14.6 Å². The Hall–Kier alpha value is -2.94. The number of rotatable bonds is 4. The molecule has 158 valence electrons. The van der Waals surface area contributed by atoms with Gasteiger partial charge in [0, 0.05) is 30.1 Å². The predicted octanol–water partition coefficient (Wildman–Crippen LogP) is 2.78. The van der Waals surface area contributed by atoms with Gasteiger partial charge in [0.05, 0.1) is 24.7 Å². The molecule has 1 saturated carbocycles. The molecule has 0 radical (unpaired) electrons. The fourth-order valence-electron chi connectivity index (χ4n) is 4.04. The number of benzene rings is 1. The van der Waals surface area contributed by atoms with Crippen LogP contribution in [0.25, 0.3) is 11.3 Å². The van der Waals surface area contributed by atoms with Gasteiger partial charge in [-0.05, 0) is 37.8 Å². The molecule has 2 aromatic rings. The number of carbonyl (C=O) groups excluding carboxylic acids is 2. The van der Waals surface area contributed by atoms with E-state index in [1.165, 1.54) is 24.5 Å². The summed E-state index contributed by atoms with van der Waals surface area (Å²) < 4.78 is 31.9. The molecule has 0 unspecified atom stereocenters. The van der Waals surface area contributed by atoms with Crippen LogP contribution in [0.4, 0.5) is 14.6 Å². The molecule has 2 amide bonds.